The molecule has 0 aliphatic carbocycles. The van der Waals surface area contributed by atoms with Gasteiger partial charge in [0.25, 0.3) is 0 Å². The Morgan fingerprint density at radius 3 is 2.42 bits per heavy atom. The van der Waals surface area contributed by atoms with Gasteiger partial charge >= 0.3 is 0 Å². The highest BCUT2D eigenvalue weighted by Gasteiger charge is 2.20. The predicted octanol–water partition coefficient (Wildman–Crippen LogP) is 6.01. The zero-order chi connectivity index (χ0) is 14.2. The summed E-state index contributed by atoms with van der Waals surface area (Å²) in [7, 11) is 0. The van der Waals surface area contributed by atoms with Crippen LogP contribution in [0.25, 0.3) is 0 Å². The van der Waals surface area contributed by atoms with Crippen LogP contribution in [0.4, 0.5) is 0 Å². The van der Waals surface area contributed by atoms with E-state index < -0.39 is 0 Å². The molecule has 0 saturated carbocycles. The van der Waals surface area contributed by atoms with Crippen LogP contribution in [0, 0.1) is 20.8 Å². The van der Waals surface area contributed by atoms with E-state index in [9.17, 15) is 0 Å². The van der Waals surface area contributed by atoms with Crippen molar-refractivity contribution in [3.05, 3.63) is 56.4 Å². The van der Waals surface area contributed by atoms with E-state index in [-0.39, 0.29) is 4.83 Å². The maximum Gasteiger partial charge on any atom is 0.122 e. The summed E-state index contributed by atoms with van der Waals surface area (Å²) >= 11 is 7.45. The van der Waals surface area contributed by atoms with E-state index >= 15 is 0 Å². The van der Waals surface area contributed by atoms with Crippen molar-refractivity contribution in [2.45, 2.75) is 38.9 Å². The lowest BCUT2D eigenvalue weighted by Gasteiger charge is -2.17. The van der Waals surface area contributed by atoms with E-state index in [0.717, 1.165) is 17.9 Å². The Morgan fingerprint density at radius 1 is 1.16 bits per heavy atom. The fraction of sp³-hybridized carbons (Fsp3) is 0.375. The van der Waals surface area contributed by atoms with Gasteiger partial charge < -0.3 is 4.42 Å². The number of hydrogen-bond donors (Lipinski definition) is 0. The van der Waals surface area contributed by atoms with Gasteiger partial charge in [-0.1, -0.05) is 44.8 Å². The molecule has 0 aliphatic heterocycles. The van der Waals surface area contributed by atoms with Gasteiger partial charge in [0.1, 0.15) is 11.5 Å². The van der Waals surface area contributed by atoms with Crippen molar-refractivity contribution in [1.29, 1.82) is 0 Å². The summed E-state index contributed by atoms with van der Waals surface area (Å²) in [4.78, 5) is 0.102. The molecule has 0 N–H and O–H groups in total. The Hall–Kier alpha value is -0.540. The fourth-order valence-electron chi connectivity index (χ4n) is 2.43. The molecule has 1 nitrogen and oxygen atoms in total. The zero-order valence-electron chi connectivity index (χ0n) is 11.7. The monoisotopic (exact) mass is 384 g/mol. The molecule has 0 aliphatic rings. The lowest BCUT2D eigenvalue weighted by Crippen LogP contribution is -2.00. The Balaban J connectivity index is 2.49. The number of halogens is 2. The van der Waals surface area contributed by atoms with Crippen LogP contribution in [-0.2, 0) is 6.42 Å². The summed E-state index contributed by atoms with van der Waals surface area (Å²) in [6.45, 7) is 8.53. The molecule has 1 atom stereocenters. The molecule has 19 heavy (non-hydrogen) atoms. The molecule has 1 unspecified atom stereocenters. The predicted molar refractivity (Wildman–Crippen MR) is 87.2 cm³/mol. The summed E-state index contributed by atoms with van der Waals surface area (Å²) in [6, 6.07) is 6.33. The highest BCUT2D eigenvalue weighted by Crippen LogP contribution is 2.39. The second kappa shape index (κ2) is 5.84. The van der Waals surface area contributed by atoms with Crippen molar-refractivity contribution >= 4 is 31.9 Å². The molecule has 3 heteroatoms. The summed E-state index contributed by atoms with van der Waals surface area (Å²) in [5, 5.41) is 0. The van der Waals surface area contributed by atoms with Gasteiger partial charge in [-0.05, 0) is 55.2 Å². The maximum atomic E-state index is 5.87. The first kappa shape index (κ1) is 14.9. The second-order valence-corrected chi connectivity index (χ2v) is 6.59. The summed E-state index contributed by atoms with van der Waals surface area (Å²) < 4.78 is 7.05. The van der Waals surface area contributed by atoms with Crippen molar-refractivity contribution in [1.82, 2.24) is 0 Å². The molecule has 1 heterocycles. The summed E-state index contributed by atoms with van der Waals surface area (Å²) in [6.07, 6.45) is 0.926. The van der Waals surface area contributed by atoms with E-state index in [1.165, 1.54) is 26.7 Å². The van der Waals surface area contributed by atoms with E-state index in [1.807, 2.05) is 0 Å². The van der Waals surface area contributed by atoms with Crippen molar-refractivity contribution < 1.29 is 4.42 Å². The van der Waals surface area contributed by atoms with Crippen molar-refractivity contribution in [2.75, 3.05) is 0 Å². The van der Waals surface area contributed by atoms with Crippen molar-refractivity contribution in [2.24, 2.45) is 0 Å². The Bertz CT molecular complexity index is 599. The lowest BCUT2D eigenvalue weighted by molar-refractivity contribution is 0.476. The highest BCUT2D eigenvalue weighted by atomic mass is 79.9. The highest BCUT2D eigenvalue weighted by molar-refractivity contribution is 9.10. The van der Waals surface area contributed by atoms with Gasteiger partial charge in [-0.3, -0.25) is 0 Å². The quantitative estimate of drug-likeness (QED) is 0.589. The fourth-order valence-corrected chi connectivity index (χ4v) is 3.71. The summed E-state index contributed by atoms with van der Waals surface area (Å²) in [5.74, 6) is 2.00. The number of furan rings is 1. The third kappa shape index (κ3) is 2.82. The van der Waals surface area contributed by atoms with Crippen LogP contribution in [0.3, 0.4) is 0 Å². The molecule has 2 rings (SSSR count). The van der Waals surface area contributed by atoms with E-state index in [2.05, 4.69) is 77.8 Å². The van der Waals surface area contributed by atoms with Gasteiger partial charge in [-0.15, -0.1) is 0 Å². The first-order chi connectivity index (χ1) is 8.95. The molecule has 0 saturated heterocycles. The van der Waals surface area contributed by atoms with Gasteiger partial charge in [0.05, 0.1) is 4.83 Å². The zero-order valence-corrected chi connectivity index (χ0v) is 14.9. The van der Waals surface area contributed by atoms with Crippen LogP contribution in [0.1, 0.15) is 45.5 Å². The number of aryl methyl sites for hydroxylation is 3. The van der Waals surface area contributed by atoms with Crippen LogP contribution in [0.5, 0.6) is 0 Å². The van der Waals surface area contributed by atoms with E-state index in [4.69, 9.17) is 4.42 Å². The molecule has 102 valence electrons. The van der Waals surface area contributed by atoms with Gasteiger partial charge in [0.15, 0.2) is 0 Å². The number of alkyl halides is 1. The van der Waals surface area contributed by atoms with Crippen LogP contribution in [0.15, 0.2) is 27.1 Å². The van der Waals surface area contributed by atoms with E-state index in [1.54, 1.807) is 0 Å². The smallest absolute Gasteiger partial charge is 0.122 e. The van der Waals surface area contributed by atoms with Crippen LogP contribution in [0.2, 0.25) is 0 Å². The molecule has 0 spiro atoms. The number of hydrogen-bond acceptors (Lipinski definition) is 1. The molecular formula is C16H18Br2O. The molecule has 1 aromatic heterocycles. The van der Waals surface area contributed by atoms with Gasteiger partial charge in [-0.25, -0.2) is 0 Å². The van der Waals surface area contributed by atoms with Crippen molar-refractivity contribution in [3.63, 3.8) is 0 Å². The minimum atomic E-state index is 0.102. The minimum absolute atomic E-state index is 0.102. The molecule has 0 radical (unpaired) electrons. The molecular weight excluding hydrogens is 368 g/mol. The summed E-state index contributed by atoms with van der Waals surface area (Å²) in [5.41, 5.74) is 5.12. The van der Waals surface area contributed by atoms with Gasteiger partial charge in [-0.2, -0.15) is 0 Å². The van der Waals surface area contributed by atoms with Crippen LogP contribution >= 0.6 is 31.9 Å². The average molecular weight is 386 g/mol. The largest absolute Gasteiger partial charge is 0.465 e. The first-order valence-corrected chi connectivity index (χ1v) is 8.15. The normalized spacial score (nSPS) is 12.7. The molecule has 0 bridgehead atoms. The minimum Gasteiger partial charge on any atom is -0.465 e. The molecule has 2 aromatic rings. The average Bonchev–Trinajstić information content (AvgIpc) is 2.84. The Labute approximate surface area is 131 Å². The van der Waals surface area contributed by atoms with Gasteiger partial charge in [0.2, 0.25) is 0 Å². The number of benzene rings is 1. The SMILES string of the molecule is CCc1ccc(C(Br)c2c(C)cc(C)c(Br)c2C)o1. The van der Waals surface area contributed by atoms with Crippen LogP contribution < -0.4 is 0 Å². The second-order valence-electron chi connectivity index (χ2n) is 4.88. The molecule has 0 amide bonds. The number of rotatable bonds is 3. The Kier molecular flexibility index (Phi) is 4.57. The standard InChI is InChI=1S/C16H18Br2O/c1-5-12-6-7-13(19-12)16(18)14-9(2)8-10(3)15(17)11(14)4/h6-8,16H,5H2,1-4H3. The first-order valence-electron chi connectivity index (χ1n) is 6.44. The third-order valence-corrected chi connectivity index (χ3v) is 5.60. The maximum absolute atomic E-state index is 5.87. The van der Waals surface area contributed by atoms with E-state index in [0.29, 0.717) is 0 Å². The third-order valence-electron chi connectivity index (χ3n) is 3.47. The van der Waals surface area contributed by atoms with Crippen molar-refractivity contribution in [3.8, 4) is 0 Å². The lowest BCUT2D eigenvalue weighted by atomic mass is 9.96. The molecule has 0 fully saturated rings. The molecule has 1 aromatic carbocycles. The van der Waals surface area contributed by atoms with Crippen LogP contribution in [-0.4, -0.2) is 0 Å². The Morgan fingerprint density at radius 2 is 1.84 bits per heavy atom. The van der Waals surface area contributed by atoms with Gasteiger partial charge in [0, 0.05) is 10.9 Å². The topological polar surface area (TPSA) is 13.1 Å².